The van der Waals surface area contributed by atoms with Crippen molar-refractivity contribution in [1.82, 2.24) is 4.98 Å². The number of nitrogen functional groups attached to an aromatic ring is 1. The van der Waals surface area contributed by atoms with Crippen molar-refractivity contribution in [3.63, 3.8) is 0 Å². The van der Waals surface area contributed by atoms with Gasteiger partial charge in [0.05, 0.1) is 22.7 Å². The Bertz CT molecular complexity index is 1570. The van der Waals surface area contributed by atoms with E-state index >= 15 is 0 Å². The first-order valence-electron chi connectivity index (χ1n) is 13.4. The Balaban J connectivity index is 1.31. The van der Waals surface area contributed by atoms with E-state index in [0.29, 0.717) is 18.0 Å². The SMILES string of the molecule is Cc1ccc(S(=O)(=O)OCC(COc2ccc3ccc(-c4ccc(C)cc4N)nc3c2)OC2CCCCO2)cc1. The number of rotatable bonds is 10. The van der Waals surface area contributed by atoms with Crippen molar-refractivity contribution in [3.8, 4) is 17.0 Å². The molecule has 5 rings (SSSR count). The Morgan fingerprint density at radius 1 is 0.950 bits per heavy atom. The van der Waals surface area contributed by atoms with E-state index < -0.39 is 22.5 Å². The first-order chi connectivity index (χ1) is 19.3. The zero-order chi connectivity index (χ0) is 28.1. The molecular formula is C31H34N2O6S. The Hall–Kier alpha value is -3.50. The fourth-order valence-electron chi connectivity index (χ4n) is 4.54. The molecule has 1 aliphatic heterocycles. The van der Waals surface area contributed by atoms with Gasteiger partial charge in [0.15, 0.2) is 6.29 Å². The van der Waals surface area contributed by atoms with Gasteiger partial charge in [0.1, 0.15) is 18.5 Å². The largest absolute Gasteiger partial charge is 0.491 e. The number of hydrogen-bond acceptors (Lipinski definition) is 8. The summed E-state index contributed by atoms with van der Waals surface area (Å²) in [6.45, 7) is 4.35. The van der Waals surface area contributed by atoms with E-state index in [1.54, 1.807) is 12.1 Å². The van der Waals surface area contributed by atoms with Crippen molar-refractivity contribution in [1.29, 1.82) is 0 Å². The Kier molecular flexibility index (Phi) is 8.66. The number of aryl methyl sites for hydroxylation is 2. The minimum Gasteiger partial charge on any atom is -0.491 e. The summed E-state index contributed by atoms with van der Waals surface area (Å²) in [7, 11) is -3.96. The molecule has 0 bridgehead atoms. The predicted molar refractivity (Wildman–Crippen MR) is 155 cm³/mol. The van der Waals surface area contributed by atoms with Crippen molar-refractivity contribution < 1.29 is 26.8 Å². The van der Waals surface area contributed by atoms with E-state index in [1.165, 1.54) is 12.1 Å². The lowest BCUT2D eigenvalue weighted by Crippen LogP contribution is -2.35. The van der Waals surface area contributed by atoms with Gasteiger partial charge in [-0.2, -0.15) is 8.42 Å². The van der Waals surface area contributed by atoms with Gasteiger partial charge >= 0.3 is 0 Å². The zero-order valence-corrected chi connectivity index (χ0v) is 23.5. The van der Waals surface area contributed by atoms with Crippen LogP contribution in [0.25, 0.3) is 22.2 Å². The Morgan fingerprint density at radius 2 is 1.73 bits per heavy atom. The molecule has 2 heterocycles. The van der Waals surface area contributed by atoms with E-state index in [-0.39, 0.29) is 18.1 Å². The molecule has 8 nitrogen and oxygen atoms in total. The maximum atomic E-state index is 12.8. The van der Waals surface area contributed by atoms with E-state index in [1.807, 2.05) is 62.4 Å². The molecule has 3 aromatic carbocycles. The fraction of sp³-hybridized carbons (Fsp3) is 0.323. The molecule has 2 unspecified atom stereocenters. The standard InChI is InChI=1S/C31H34N2O6S/c1-21-6-12-26(13-7-21)40(34,35)38-20-25(39-31-5-3-4-16-36-31)19-37-24-11-9-23-10-15-29(33-30(23)18-24)27-14-8-22(2)17-28(27)32/h6-15,17-18,25,31H,3-5,16,19-20,32H2,1-2H3. The molecule has 0 amide bonds. The third-order valence-electron chi connectivity index (χ3n) is 6.78. The molecular weight excluding hydrogens is 528 g/mol. The van der Waals surface area contributed by atoms with Crippen LogP contribution in [0.4, 0.5) is 5.69 Å². The van der Waals surface area contributed by atoms with E-state index in [0.717, 1.165) is 52.5 Å². The minimum absolute atomic E-state index is 0.0688. The summed E-state index contributed by atoms with van der Waals surface area (Å²) in [5.74, 6) is 0.577. The maximum absolute atomic E-state index is 12.8. The molecule has 4 aromatic rings. The number of ether oxygens (including phenoxy) is 3. The van der Waals surface area contributed by atoms with Gasteiger partial charge in [0.2, 0.25) is 0 Å². The Morgan fingerprint density at radius 3 is 2.48 bits per heavy atom. The highest BCUT2D eigenvalue weighted by Crippen LogP contribution is 2.28. The van der Waals surface area contributed by atoms with Crippen LogP contribution < -0.4 is 10.5 Å². The number of nitrogens with two attached hydrogens (primary N) is 1. The first-order valence-corrected chi connectivity index (χ1v) is 14.8. The third-order valence-corrected chi connectivity index (χ3v) is 8.08. The summed E-state index contributed by atoms with van der Waals surface area (Å²) in [6.07, 6.45) is 1.57. The van der Waals surface area contributed by atoms with Gasteiger partial charge in [-0.15, -0.1) is 0 Å². The van der Waals surface area contributed by atoms with Crippen molar-refractivity contribution in [2.75, 3.05) is 25.6 Å². The summed E-state index contributed by atoms with van der Waals surface area (Å²) < 4.78 is 48.8. The summed E-state index contributed by atoms with van der Waals surface area (Å²) in [6, 6.07) is 22.0. The molecule has 0 radical (unpaired) electrons. The number of hydrogen-bond donors (Lipinski definition) is 1. The fourth-order valence-corrected chi connectivity index (χ4v) is 5.48. The van der Waals surface area contributed by atoms with E-state index in [9.17, 15) is 8.42 Å². The number of nitrogens with zero attached hydrogens (tertiary/aromatic N) is 1. The van der Waals surface area contributed by atoms with Crippen LogP contribution in [0, 0.1) is 13.8 Å². The molecule has 1 fully saturated rings. The van der Waals surface area contributed by atoms with Crippen molar-refractivity contribution >= 4 is 26.7 Å². The maximum Gasteiger partial charge on any atom is 0.297 e. The predicted octanol–water partition coefficient (Wildman–Crippen LogP) is 5.80. The quantitative estimate of drug-likeness (QED) is 0.191. The lowest BCUT2D eigenvalue weighted by atomic mass is 10.1. The molecule has 2 atom stereocenters. The van der Waals surface area contributed by atoms with Crippen molar-refractivity contribution in [3.05, 3.63) is 83.9 Å². The number of benzene rings is 3. The van der Waals surface area contributed by atoms with Gasteiger partial charge in [0.25, 0.3) is 10.1 Å². The average Bonchev–Trinajstić information content (AvgIpc) is 2.95. The average molecular weight is 563 g/mol. The lowest BCUT2D eigenvalue weighted by molar-refractivity contribution is -0.198. The molecule has 0 spiro atoms. The summed E-state index contributed by atoms with van der Waals surface area (Å²) >= 11 is 0. The molecule has 1 saturated heterocycles. The third kappa shape index (κ3) is 6.98. The van der Waals surface area contributed by atoms with Gasteiger partial charge in [-0.25, -0.2) is 4.98 Å². The molecule has 0 aliphatic carbocycles. The second-order valence-corrected chi connectivity index (χ2v) is 11.7. The lowest BCUT2D eigenvalue weighted by Gasteiger charge is -2.27. The number of aromatic nitrogens is 1. The van der Waals surface area contributed by atoms with Crippen LogP contribution in [0.1, 0.15) is 30.4 Å². The van der Waals surface area contributed by atoms with Crippen LogP contribution in [0.5, 0.6) is 5.75 Å². The molecule has 1 aliphatic rings. The second-order valence-electron chi connectivity index (χ2n) is 10.1. The van der Waals surface area contributed by atoms with E-state index in [2.05, 4.69) is 0 Å². The monoisotopic (exact) mass is 562 g/mol. The summed E-state index contributed by atoms with van der Waals surface area (Å²) in [5.41, 5.74) is 11.4. The van der Waals surface area contributed by atoms with Gasteiger partial charge in [0, 0.05) is 29.3 Å². The minimum atomic E-state index is -3.96. The van der Waals surface area contributed by atoms with Crippen LogP contribution in [-0.4, -0.2) is 45.6 Å². The zero-order valence-electron chi connectivity index (χ0n) is 22.7. The number of pyridine rings is 1. The van der Waals surface area contributed by atoms with Gasteiger partial charge in [-0.3, -0.25) is 4.18 Å². The van der Waals surface area contributed by atoms with Crippen molar-refractivity contribution in [2.45, 2.75) is 50.4 Å². The smallest absolute Gasteiger partial charge is 0.297 e. The van der Waals surface area contributed by atoms with Crippen molar-refractivity contribution in [2.24, 2.45) is 0 Å². The molecule has 1 aromatic heterocycles. The van der Waals surface area contributed by atoms with Crippen LogP contribution in [-0.2, 0) is 23.8 Å². The molecule has 2 N–H and O–H groups in total. The second kappa shape index (κ2) is 12.3. The topological polar surface area (TPSA) is 110 Å². The highest BCUT2D eigenvalue weighted by Gasteiger charge is 2.24. The normalized spacial score (nSPS) is 16.6. The highest BCUT2D eigenvalue weighted by atomic mass is 32.2. The van der Waals surface area contributed by atoms with Crippen LogP contribution in [0.2, 0.25) is 0 Å². The van der Waals surface area contributed by atoms with Crippen LogP contribution in [0.15, 0.2) is 77.7 Å². The first kappa shape index (κ1) is 28.0. The van der Waals surface area contributed by atoms with Crippen LogP contribution in [0.3, 0.4) is 0 Å². The van der Waals surface area contributed by atoms with Gasteiger partial charge in [-0.1, -0.05) is 35.9 Å². The van der Waals surface area contributed by atoms with E-state index in [4.69, 9.17) is 29.1 Å². The molecule has 0 saturated carbocycles. The molecule has 40 heavy (non-hydrogen) atoms. The number of fused-ring (bicyclic) bond motifs is 1. The summed E-state index contributed by atoms with van der Waals surface area (Å²) in [4.78, 5) is 4.91. The van der Waals surface area contributed by atoms with Gasteiger partial charge in [-0.05, 0) is 75.1 Å². The summed E-state index contributed by atoms with van der Waals surface area (Å²) in [5, 5.41) is 0.956. The molecule has 9 heteroatoms. The highest BCUT2D eigenvalue weighted by molar-refractivity contribution is 7.86. The Labute approximate surface area is 235 Å². The molecule has 210 valence electrons. The van der Waals surface area contributed by atoms with Crippen LogP contribution >= 0.6 is 0 Å². The van der Waals surface area contributed by atoms with Gasteiger partial charge < -0.3 is 19.9 Å². The number of anilines is 1.